The minimum atomic E-state index is 0.564. The average Bonchev–Trinajstić information content (AvgIpc) is 2.21. The quantitative estimate of drug-likeness (QED) is 0.715. The molecule has 1 fully saturated rings. The molecule has 1 atom stereocenters. The molecule has 2 nitrogen and oxygen atoms in total. The van der Waals surface area contributed by atoms with Crippen molar-refractivity contribution in [2.45, 2.75) is 13.0 Å². The van der Waals surface area contributed by atoms with Gasteiger partial charge in [-0.25, -0.2) is 0 Å². The van der Waals surface area contributed by atoms with E-state index in [0.717, 1.165) is 24.8 Å². The van der Waals surface area contributed by atoms with E-state index in [2.05, 4.69) is 12.2 Å². The fraction of sp³-hybridized carbons (Fsp3) is 0.455. The summed E-state index contributed by atoms with van der Waals surface area (Å²) in [4.78, 5) is 0. The molecule has 0 radical (unpaired) electrons. The third kappa shape index (κ3) is 5.22. The number of hydrogen-bond acceptors (Lipinski definition) is 2. The van der Waals surface area contributed by atoms with Crippen LogP contribution in [0.2, 0.25) is 5.02 Å². The molecular weight excluding hydrogens is 198 g/mol. The van der Waals surface area contributed by atoms with Crippen LogP contribution in [0.3, 0.4) is 0 Å². The molecule has 0 spiro atoms. The summed E-state index contributed by atoms with van der Waals surface area (Å²) in [5.74, 6) is 0. The van der Waals surface area contributed by atoms with Gasteiger partial charge in [-0.05, 0) is 19.1 Å². The second-order valence-corrected chi connectivity index (χ2v) is 3.66. The lowest BCUT2D eigenvalue weighted by molar-refractivity contribution is 0.0824. The molecule has 0 bridgehead atoms. The molecule has 1 aromatic carbocycles. The van der Waals surface area contributed by atoms with E-state index in [0.29, 0.717) is 6.04 Å². The molecular formula is C11H16ClNO. The second kappa shape index (κ2) is 6.82. The first-order chi connectivity index (χ1) is 6.79. The second-order valence-electron chi connectivity index (χ2n) is 3.23. The van der Waals surface area contributed by atoms with Crippen LogP contribution < -0.4 is 5.32 Å². The number of hydrogen-bond donors (Lipinski definition) is 1. The molecule has 0 aromatic heterocycles. The zero-order valence-corrected chi connectivity index (χ0v) is 9.13. The molecule has 1 N–H and O–H groups in total. The van der Waals surface area contributed by atoms with Crippen molar-refractivity contribution in [3.8, 4) is 0 Å². The minimum Gasteiger partial charge on any atom is -0.379 e. The van der Waals surface area contributed by atoms with Gasteiger partial charge in [0.2, 0.25) is 0 Å². The third-order valence-electron chi connectivity index (χ3n) is 1.84. The summed E-state index contributed by atoms with van der Waals surface area (Å²) in [5.41, 5.74) is 0. The van der Waals surface area contributed by atoms with Crippen LogP contribution in [0.25, 0.3) is 0 Å². The number of benzene rings is 1. The summed E-state index contributed by atoms with van der Waals surface area (Å²) in [6.45, 7) is 4.89. The number of rotatable bonds is 0. The van der Waals surface area contributed by atoms with E-state index in [1.807, 2.05) is 30.3 Å². The molecule has 1 aliphatic heterocycles. The van der Waals surface area contributed by atoms with Crippen molar-refractivity contribution in [2.24, 2.45) is 0 Å². The van der Waals surface area contributed by atoms with E-state index in [4.69, 9.17) is 16.3 Å². The fourth-order valence-electron chi connectivity index (χ4n) is 1.11. The standard InChI is InChI=1S/C6H5Cl.C5H11NO/c7-6-4-2-1-3-5-6;1-5-4-7-3-2-6-5/h1-5H;5-6H,2-4H2,1H3. The number of nitrogens with one attached hydrogen (secondary N) is 1. The van der Waals surface area contributed by atoms with E-state index in [1.54, 1.807) is 0 Å². The van der Waals surface area contributed by atoms with E-state index in [-0.39, 0.29) is 0 Å². The Morgan fingerprint density at radius 3 is 2.36 bits per heavy atom. The van der Waals surface area contributed by atoms with Crippen LogP contribution >= 0.6 is 11.6 Å². The van der Waals surface area contributed by atoms with E-state index in [9.17, 15) is 0 Å². The first-order valence-electron chi connectivity index (χ1n) is 4.80. The average molecular weight is 214 g/mol. The smallest absolute Gasteiger partial charge is 0.0617 e. The molecule has 0 amide bonds. The number of halogens is 1. The molecule has 2 rings (SSSR count). The van der Waals surface area contributed by atoms with Crippen LogP contribution in [0, 0.1) is 0 Å². The van der Waals surface area contributed by atoms with Gasteiger partial charge in [-0.15, -0.1) is 0 Å². The summed E-state index contributed by atoms with van der Waals surface area (Å²) < 4.78 is 5.12. The minimum absolute atomic E-state index is 0.564. The maximum absolute atomic E-state index is 5.54. The molecule has 3 heteroatoms. The van der Waals surface area contributed by atoms with Gasteiger partial charge < -0.3 is 10.1 Å². The predicted octanol–water partition coefficient (Wildman–Crippen LogP) is 2.33. The molecule has 1 aromatic rings. The van der Waals surface area contributed by atoms with Crippen LogP contribution in [0.1, 0.15) is 6.92 Å². The number of morpholine rings is 1. The van der Waals surface area contributed by atoms with Gasteiger partial charge in [0, 0.05) is 17.6 Å². The maximum Gasteiger partial charge on any atom is 0.0617 e. The number of ether oxygens (including phenoxy) is 1. The van der Waals surface area contributed by atoms with Crippen LogP contribution in [-0.4, -0.2) is 25.8 Å². The van der Waals surface area contributed by atoms with Crippen molar-refractivity contribution in [1.29, 1.82) is 0 Å². The predicted molar refractivity (Wildman–Crippen MR) is 59.7 cm³/mol. The topological polar surface area (TPSA) is 21.3 Å². The highest BCUT2D eigenvalue weighted by Gasteiger charge is 2.04. The van der Waals surface area contributed by atoms with Crippen molar-refractivity contribution in [3.05, 3.63) is 35.4 Å². The van der Waals surface area contributed by atoms with Crippen LogP contribution in [0.15, 0.2) is 30.3 Å². The summed E-state index contributed by atoms with van der Waals surface area (Å²) in [7, 11) is 0. The van der Waals surface area contributed by atoms with Gasteiger partial charge in [-0.3, -0.25) is 0 Å². The molecule has 1 unspecified atom stereocenters. The monoisotopic (exact) mass is 213 g/mol. The van der Waals surface area contributed by atoms with Gasteiger partial charge >= 0.3 is 0 Å². The molecule has 78 valence electrons. The van der Waals surface area contributed by atoms with E-state index in [1.165, 1.54) is 0 Å². The molecule has 0 saturated carbocycles. The summed E-state index contributed by atoms with van der Waals surface area (Å²) in [6, 6.07) is 10.0. The van der Waals surface area contributed by atoms with Gasteiger partial charge in [0.25, 0.3) is 0 Å². The Morgan fingerprint density at radius 2 is 2.07 bits per heavy atom. The first-order valence-corrected chi connectivity index (χ1v) is 5.18. The van der Waals surface area contributed by atoms with Crippen LogP contribution in [0.5, 0.6) is 0 Å². The van der Waals surface area contributed by atoms with Gasteiger partial charge in [-0.2, -0.15) is 0 Å². The van der Waals surface area contributed by atoms with Gasteiger partial charge in [0.05, 0.1) is 13.2 Å². The van der Waals surface area contributed by atoms with Crippen LogP contribution in [-0.2, 0) is 4.74 Å². The lowest BCUT2D eigenvalue weighted by Gasteiger charge is -2.19. The molecule has 0 aliphatic carbocycles. The van der Waals surface area contributed by atoms with Crippen molar-refractivity contribution in [1.82, 2.24) is 5.32 Å². The Labute approximate surface area is 90.2 Å². The Hall–Kier alpha value is -0.570. The lowest BCUT2D eigenvalue weighted by Crippen LogP contribution is -2.38. The van der Waals surface area contributed by atoms with Crippen molar-refractivity contribution < 1.29 is 4.74 Å². The Balaban J connectivity index is 0.000000140. The van der Waals surface area contributed by atoms with Gasteiger partial charge in [0.15, 0.2) is 0 Å². The summed E-state index contributed by atoms with van der Waals surface area (Å²) in [6.07, 6.45) is 0. The highest BCUT2D eigenvalue weighted by atomic mass is 35.5. The molecule has 14 heavy (non-hydrogen) atoms. The molecule has 1 saturated heterocycles. The molecule has 1 heterocycles. The van der Waals surface area contributed by atoms with Crippen molar-refractivity contribution in [2.75, 3.05) is 19.8 Å². The Kier molecular flexibility index (Phi) is 5.60. The van der Waals surface area contributed by atoms with Crippen LogP contribution in [0.4, 0.5) is 0 Å². The highest BCUT2D eigenvalue weighted by Crippen LogP contribution is 2.03. The van der Waals surface area contributed by atoms with Gasteiger partial charge in [0.1, 0.15) is 0 Å². The fourth-order valence-corrected chi connectivity index (χ4v) is 1.26. The Bertz CT molecular complexity index is 234. The normalized spacial score (nSPS) is 20.9. The van der Waals surface area contributed by atoms with E-state index >= 15 is 0 Å². The zero-order valence-electron chi connectivity index (χ0n) is 8.37. The van der Waals surface area contributed by atoms with E-state index < -0.39 is 0 Å². The third-order valence-corrected chi connectivity index (χ3v) is 2.09. The SMILES string of the molecule is CC1COCCN1.Clc1ccccc1. The zero-order chi connectivity index (χ0) is 10.2. The summed E-state index contributed by atoms with van der Waals surface area (Å²) in [5, 5.41) is 4.05. The molecule has 1 aliphatic rings. The Morgan fingerprint density at radius 1 is 1.36 bits per heavy atom. The van der Waals surface area contributed by atoms with Crippen molar-refractivity contribution in [3.63, 3.8) is 0 Å². The van der Waals surface area contributed by atoms with Gasteiger partial charge in [-0.1, -0.05) is 29.8 Å². The largest absolute Gasteiger partial charge is 0.379 e. The highest BCUT2D eigenvalue weighted by molar-refractivity contribution is 6.30. The maximum atomic E-state index is 5.54. The van der Waals surface area contributed by atoms with Crippen molar-refractivity contribution >= 4 is 11.6 Å². The summed E-state index contributed by atoms with van der Waals surface area (Å²) >= 11 is 5.54. The first kappa shape index (κ1) is 11.5. The lowest BCUT2D eigenvalue weighted by atomic mass is 10.3.